The molecule has 0 radical (unpaired) electrons. The van der Waals surface area contributed by atoms with Crippen LogP contribution in [-0.4, -0.2) is 0 Å². The lowest BCUT2D eigenvalue weighted by molar-refractivity contribution is 0.531. The maximum Gasteiger partial charge on any atom is 0.134 e. The molecule has 1 N–H and O–H groups in total. The first-order chi connectivity index (χ1) is 10.2. The van der Waals surface area contributed by atoms with Crippen LogP contribution >= 0.6 is 22.6 Å². The fourth-order valence-corrected chi connectivity index (χ4v) is 2.61. The molecule has 0 saturated heterocycles. The average molecular weight is 393 g/mol. The van der Waals surface area contributed by atoms with Gasteiger partial charge in [-0.1, -0.05) is 12.1 Å². The Hall–Kier alpha value is -1.82. The molecule has 0 aliphatic heterocycles. The van der Waals surface area contributed by atoms with Gasteiger partial charge in [-0.3, -0.25) is 0 Å². The van der Waals surface area contributed by atoms with Gasteiger partial charge in [0.05, 0.1) is 6.54 Å². The number of hydrogen-bond donors (Lipinski definition) is 1. The van der Waals surface area contributed by atoms with Gasteiger partial charge in [-0.2, -0.15) is 0 Å². The van der Waals surface area contributed by atoms with Crippen molar-refractivity contribution in [2.45, 2.75) is 6.54 Å². The number of anilines is 1. The van der Waals surface area contributed by atoms with Crippen molar-refractivity contribution in [3.63, 3.8) is 0 Å². The molecule has 2 aromatic carbocycles. The standard InChI is InChI=1S/C17H13FINO/c18-13-7-5-12(6-8-13)17-10-9-14(21-17)11-20-16-4-2-1-3-15(16)19/h1-10,20H,11H2. The Morgan fingerprint density at radius 3 is 2.48 bits per heavy atom. The molecule has 4 heteroatoms. The van der Waals surface area contributed by atoms with Gasteiger partial charge in [-0.05, 0) is 71.1 Å². The van der Waals surface area contributed by atoms with E-state index in [2.05, 4.69) is 34.0 Å². The molecule has 2 nitrogen and oxygen atoms in total. The highest BCUT2D eigenvalue weighted by Gasteiger charge is 2.05. The summed E-state index contributed by atoms with van der Waals surface area (Å²) >= 11 is 2.29. The summed E-state index contributed by atoms with van der Waals surface area (Å²) in [6.45, 7) is 0.612. The molecule has 0 spiro atoms. The lowest BCUT2D eigenvalue weighted by Crippen LogP contribution is -1.99. The lowest BCUT2D eigenvalue weighted by atomic mass is 10.2. The summed E-state index contributed by atoms with van der Waals surface area (Å²) in [4.78, 5) is 0. The first kappa shape index (κ1) is 14.1. The molecule has 21 heavy (non-hydrogen) atoms. The van der Waals surface area contributed by atoms with E-state index in [4.69, 9.17) is 4.42 Å². The SMILES string of the molecule is Fc1ccc(-c2ccc(CNc3ccccc3I)o2)cc1. The summed E-state index contributed by atoms with van der Waals surface area (Å²) < 4.78 is 19.9. The second-order valence-electron chi connectivity index (χ2n) is 4.61. The molecule has 0 atom stereocenters. The first-order valence-corrected chi connectivity index (χ1v) is 7.63. The van der Waals surface area contributed by atoms with Gasteiger partial charge in [0.15, 0.2) is 0 Å². The van der Waals surface area contributed by atoms with E-state index in [1.807, 2.05) is 30.3 Å². The van der Waals surface area contributed by atoms with Crippen molar-refractivity contribution in [1.82, 2.24) is 0 Å². The summed E-state index contributed by atoms with van der Waals surface area (Å²) in [5.41, 5.74) is 1.95. The molecular weight excluding hydrogens is 380 g/mol. The van der Waals surface area contributed by atoms with Crippen molar-refractivity contribution in [3.05, 3.63) is 75.8 Å². The minimum absolute atomic E-state index is 0.245. The molecule has 3 rings (SSSR count). The van der Waals surface area contributed by atoms with Crippen LogP contribution in [0.2, 0.25) is 0 Å². The maximum absolute atomic E-state index is 12.9. The first-order valence-electron chi connectivity index (χ1n) is 6.55. The molecular formula is C17H13FINO. The Bertz CT molecular complexity index is 737. The maximum atomic E-state index is 12.9. The highest BCUT2D eigenvalue weighted by molar-refractivity contribution is 14.1. The molecule has 0 bridgehead atoms. The molecule has 0 unspecified atom stereocenters. The van der Waals surface area contributed by atoms with E-state index < -0.39 is 0 Å². The van der Waals surface area contributed by atoms with Crippen LogP contribution in [0, 0.1) is 9.39 Å². The molecule has 0 aliphatic carbocycles. The summed E-state index contributed by atoms with van der Waals surface area (Å²) in [6, 6.07) is 18.2. The number of hydrogen-bond acceptors (Lipinski definition) is 2. The minimum atomic E-state index is -0.245. The van der Waals surface area contributed by atoms with Crippen molar-refractivity contribution < 1.29 is 8.81 Å². The highest BCUT2D eigenvalue weighted by atomic mass is 127. The molecule has 3 aromatic rings. The van der Waals surface area contributed by atoms with Crippen molar-refractivity contribution in [3.8, 4) is 11.3 Å². The summed E-state index contributed by atoms with van der Waals surface area (Å²) in [6.07, 6.45) is 0. The number of para-hydroxylation sites is 1. The monoisotopic (exact) mass is 393 g/mol. The third-order valence-electron chi connectivity index (χ3n) is 3.12. The highest BCUT2D eigenvalue weighted by Crippen LogP contribution is 2.23. The fourth-order valence-electron chi connectivity index (χ4n) is 2.03. The van der Waals surface area contributed by atoms with Gasteiger partial charge in [0.1, 0.15) is 17.3 Å². The number of benzene rings is 2. The minimum Gasteiger partial charge on any atom is -0.459 e. The second kappa shape index (κ2) is 6.30. The second-order valence-corrected chi connectivity index (χ2v) is 5.77. The summed E-state index contributed by atoms with van der Waals surface area (Å²) in [5, 5.41) is 3.34. The predicted octanol–water partition coefficient (Wildman–Crippen LogP) is 5.30. The van der Waals surface area contributed by atoms with Crippen molar-refractivity contribution in [2.75, 3.05) is 5.32 Å². The van der Waals surface area contributed by atoms with Crippen molar-refractivity contribution >= 4 is 28.3 Å². The van der Waals surface area contributed by atoms with Gasteiger partial charge in [0.25, 0.3) is 0 Å². The predicted molar refractivity (Wildman–Crippen MR) is 90.6 cm³/mol. The van der Waals surface area contributed by atoms with Crippen LogP contribution in [0.1, 0.15) is 5.76 Å². The van der Waals surface area contributed by atoms with Crippen LogP contribution in [0.15, 0.2) is 65.1 Å². The zero-order valence-electron chi connectivity index (χ0n) is 11.1. The Morgan fingerprint density at radius 1 is 0.952 bits per heavy atom. The zero-order chi connectivity index (χ0) is 14.7. The van der Waals surface area contributed by atoms with Gasteiger partial charge in [-0.25, -0.2) is 4.39 Å². The molecule has 0 aliphatic rings. The molecule has 1 heterocycles. The normalized spacial score (nSPS) is 10.6. The molecule has 1 aromatic heterocycles. The summed E-state index contributed by atoms with van der Waals surface area (Å²) in [5.74, 6) is 1.34. The van der Waals surface area contributed by atoms with Crippen LogP contribution in [0.3, 0.4) is 0 Å². The third-order valence-corrected chi connectivity index (χ3v) is 4.06. The Morgan fingerprint density at radius 2 is 1.71 bits per heavy atom. The van der Waals surface area contributed by atoms with Crippen LogP contribution in [0.4, 0.5) is 10.1 Å². The van der Waals surface area contributed by atoms with E-state index in [1.54, 1.807) is 12.1 Å². The smallest absolute Gasteiger partial charge is 0.134 e. The van der Waals surface area contributed by atoms with Gasteiger partial charge in [0.2, 0.25) is 0 Å². The van der Waals surface area contributed by atoms with Gasteiger partial charge < -0.3 is 9.73 Å². The van der Waals surface area contributed by atoms with E-state index in [0.29, 0.717) is 6.54 Å². The topological polar surface area (TPSA) is 25.2 Å². The summed E-state index contributed by atoms with van der Waals surface area (Å²) in [7, 11) is 0. The number of nitrogens with one attached hydrogen (secondary N) is 1. The van der Waals surface area contributed by atoms with Crippen LogP contribution in [0.5, 0.6) is 0 Å². The third kappa shape index (κ3) is 3.44. The number of rotatable bonds is 4. The van der Waals surface area contributed by atoms with E-state index >= 15 is 0 Å². The Kier molecular flexibility index (Phi) is 4.24. The quantitative estimate of drug-likeness (QED) is 0.609. The molecule has 0 saturated carbocycles. The van der Waals surface area contributed by atoms with E-state index in [1.165, 1.54) is 15.7 Å². The zero-order valence-corrected chi connectivity index (χ0v) is 13.3. The van der Waals surface area contributed by atoms with Gasteiger partial charge in [-0.15, -0.1) is 0 Å². The average Bonchev–Trinajstić information content (AvgIpc) is 2.96. The van der Waals surface area contributed by atoms with Gasteiger partial charge in [0, 0.05) is 14.8 Å². The largest absolute Gasteiger partial charge is 0.459 e. The fraction of sp³-hybridized carbons (Fsp3) is 0.0588. The van der Waals surface area contributed by atoms with Crippen LogP contribution in [0.25, 0.3) is 11.3 Å². The number of halogens is 2. The molecule has 106 valence electrons. The van der Waals surface area contributed by atoms with Crippen molar-refractivity contribution in [1.29, 1.82) is 0 Å². The molecule has 0 amide bonds. The number of furan rings is 1. The molecule has 0 fully saturated rings. The van der Waals surface area contributed by atoms with Crippen molar-refractivity contribution in [2.24, 2.45) is 0 Å². The Balaban J connectivity index is 1.71. The van der Waals surface area contributed by atoms with Crippen LogP contribution in [-0.2, 0) is 6.54 Å². The van der Waals surface area contributed by atoms with E-state index in [0.717, 1.165) is 22.8 Å². The van der Waals surface area contributed by atoms with Gasteiger partial charge >= 0.3 is 0 Å². The van der Waals surface area contributed by atoms with E-state index in [-0.39, 0.29) is 5.82 Å². The lowest BCUT2D eigenvalue weighted by Gasteiger charge is -2.06. The Labute approximate surface area is 136 Å². The van der Waals surface area contributed by atoms with Crippen LogP contribution < -0.4 is 5.32 Å². The van der Waals surface area contributed by atoms with E-state index in [9.17, 15) is 4.39 Å².